The Morgan fingerprint density at radius 3 is 1.94 bits per heavy atom. The van der Waals surface area contributed by atoms with Crippen LogP contribution in [0.2, 0.25) is 0 Å². The Hall–Kier alpha value is -3.12. The molecule has 1 unspecified atom stereocenters. The van der Waals surface area contributed by atoms with Crippen molar-refractivity contribution in [3.05, 3.63) is 101 Å². The summed E-state index contributed by atoms with van der Waals surface area (Å²) in [7, 11) is -3.64. The van der Waals surface area contributed by atoms with E-state index in [0.29, 0.717) is 5.69 Å². The van der Waals surface area contributed by atoms with Crippen molar-refractivity contribution in [2.75, 3.05) is 17.1 Å². The molecule has 31 heavy (non-hydrogen) atoms. The SMILES string of the molecule is Cc1ccc(C(NC(=O)CN(c2cc(C)cc(C)c2)S(C)(=O)=O)c2ccccc2)cc1. The Labute approximate surface area is 184 Å². The number of hydrogen-bond donors (Lipinski definition) is 1. The topological polar surface area (TPSA) is 66.5 Å². The number of benzene rings is 3. The molecule has 3 rings (SSSR count). The zero-order valence-corrected chi connectivity index (χ0v) is 19.1. The number of nitrogens with one attached hydrogen (secondary N) is 1. The van der Waals surface area contributed by atoms with E-state index in [1.807, 2.05) is 81.4 Å². The smallest absolute Gasteiger partial charge is 0.241 e. The molecule has 0 radical (unpaired) electrons. The molecular formula is C25H28N2O3S. The molecule has 0 aliphatic rings. The normalized spacial score (nSPS) is 12.3. The number of carbonyl (C=O) groups excluding carboxylic acids is 1. The van der Waals surface area contributed by atoms with Crippen LogP contribution in [-0.2, 0) is 14.8 Å². The summed E-state index contributed by atoms with van der Waals surface area (Å²) in [5, 5.41) is 3.03. The van der Waals surface area contributed by atoms with E-state index in [1.54, 1.807) is 12.1 Å². The summed E-state index contributed by atoms with van der Waals surface area (Å²) in [6.45, 7) is 5.52. The number of hydrogen-bond acceptors (Lipinski definition) is 3. The van der Waals surface area contributed by atoms with Gasteiger partial charge in [-0.15, -0.1) is 0 Å². The zero-order valence-electron chi connectivity index (χ0n) is 18.3. The third-order valence-corrected chi connectivity index (χ3v) is 6.17. The highest BCUT2D eigenvalue weighted by atomic mass is 32.2. The average Bonchev–Trinajstić information content (AvgIpc) is 2.70. The van der Waals surface area contributed by atoms with Crippen molar-refractivity contribution in [3.63, 3.8) is 0 Å². The zero-order chi connectivity index (χ0) is 22.6. The number of anilines is 1. The average molecular weight is 437 g/mol. The number of carbonyl (C=O) groups is 1. The lowest BCUT2D eigenvalue weighted by Crippen LogP contribution is -2.41. The van der Waals surface area contributed by atoms with Crippen molar-refractivity contribution in [1.29, 1.82) is 0 Å². The molecule has 5 nitrogen and oxygen atoms in total. The van der Waals surface area contributed by atoms with Gasteiger partial charge in [-0.1, -0.05) is 66.2 Å². The molecule has 0 aromatic heterocycles. The highest BCUT2D eigenvalue weighted by molar-refractivity contribution is 7.92. The predicted octanol–water partition coefficient (Wildman–Crippen LogP) is 4.28. The van der Waals surface area contributed by atoms with Crippen LogP contribution in [0.4, 0.5) is 5.69 Å². The Morgan fingerprint density at radius 2 is 1.39 bits per heavy atom. The molecule has 0 aliphatic heterocycles. The van der Waals surface area contributed by atoms with Crippen molar-refractivity contribution >= 4 is 21.6 Å². The fraction of sp³-hybridized carbons (Fsp3) is 0.240. The van der Waals surface area contributed by atoms with Crippen molar-refractivity contribution in [2.45, 2.75) is 26.8 Å². The van der Waals surface area contributed by atoms with Crippen LogP contribution < -0.4 is 9.62 Å². The first-order valence-electron chi connectivity index (χ1n) is 10.1. The van der Waals surface area contributed by atoms with Crippen LogP contribution in [0.3, 0.4) is 0 Å². The van der Waals surface area contributed by atoms with Crippen molar-refractivity contribution in [2.24, 2.45) is 0 Å². The third-order valence-electron chi connectivity index (χ3n) is 5.03. The van der Waals surface area contributed by atoms with E-state index in [1.165, 1.54) is 0 Å². The number of aryl methyl sites for hydroxylation is 3. The molecule has 0 saturated heterocycles. The Balaban J connectivity index is 1.90. The number of rotatable bonds is 7. The molecule has 1 amide bonds. The molecule has 0 heterocycles. The standard InChI is InChI=1S/C25H28N2O3S/c1-18-10-12-22(13-11-18)25(21-8-6-5-7-9-21)26-24(28)17-27(31(4,29)30)23-15-19(2)14-20(3)16-23/h5-16,25H,17H2,1-4H3,(H,26,28). The monoisotopic (exact) mass is 436 g/mol. The summed E-state index contributed by atoms with van der Waals surface area (Å²) in [4.78, 5) is 13.1. The second-order valence-corrected chi connectivity index (χ2v) is 9.84. The number of amides is 1. The second kappa shape index (κ2) is 9.35. The van der Waals surface area contributed by atoms with Crippen LogP contribution in [0.15, 0.2) is 72.8 Å². The van der Waals surface area contributed by atoms with E-state index in [0.717, 1.165) is 38.4 Å². The molecule has 3 aromatic rings. The Bertz CT molecular complexity index is 1140. The lowest BCUT2D eigenvalue weighted by atomic mass is 9.98. The van der Waals surface area contributed by atoms with Gasteiger partial charge in [0.15, 0.2) is 0 Å². The summed E-state index contributed by atoms with van der Waals surface area (Å²) in [6.07, 6.45) is 1.12. The molecule has 0 fully saturated rings. The van der Waals surface area contributed by atoms with Gasteiger partial charge in [0, 0.05) is 0 Å². The second-order valence-electron chi connectivity index (χ2n) is 7.94. The van der Waals surface area contributed by atoms with Crippen molar-refractivity contribution in [3.8, 4) is 0 Å². The van der Waals surface area contributed by atoms with Crippen molar-refractivity contribution < 1.29 is 13.2 Å². The van der Waals surface area contributed by atoms with Gasteiger partial charge >= 0.3 is 0 Å². The Kier molecular flexibility index (Phi) is 6.81. The highest BCUT2D eigenvalue weighted by Crippen LogP contribution is 2.24. The molecule has 0 bridgehead atoms. The van der Waals surface area contributed by atoms with Gasteiger partial charge < -0.3 is 5.32 Å². The maximum Gasteiger partial charge on any atom is 0.241 e. The summed E-state index contributed by atoms with van der Waals surface area (Å²) in [5.41, 5.74) is 5.35. The molecule has 0 aliphatic carbocycles. The fourth-order valence-electron chi connectivity index (χ4n) is 3.60. The molecule has 162 valence electrons. The van der Waals surface area contributed by atoms with Gasteiger partial charge in [0.1, 0.15) is 6.54 Å². The summed E-state index contributed by atoms with van der Waals surface area (Å²) in [5.74, 6) is -0.376. The molecule has 1 atom stereocenters. The van der Waals surface area contributed by atoms with E-state index >= 15 is 0 Å². The number of sulfonamides is 1. The first kappa shape index (κ1) is 22.6. The minimum atomic E-state index is -3.64. The van der Waals surface area contributed by atoms with Crippen LogP contribution in [0.25, 0.3) is 0 Å². The van der Waals surface area contributed by atoms with Gasteiger partial charge in [-0.05, 0) is 55.2 Å². The van der Waals surface area contributed by atoms with Crippen LogP contribution in [0, 0.1) is 20.8 Å². The first-order chi connectivity index (χ1) is 14.6. The molecule has 0 saturated carbocycles. The van der Waals surface area contributed by atoms with Gasteiger partial charge in [0.25, 0.3) is 0 Å². The van der Waals surface area contributed by atoms with Gasteiger partial charge in [-0.25, -0.2) is 8.42 Å². The fourth-order valence-corrected chi connectivity index (χ4v) is 4.44. The molecule has 0 spiro atoms. The minimum Gasteiger partial charge on any atom is -0.344 e. The summed E-state index contributed by atoms with van der Waals surface area (Å²) >= 11 is 0. The third kappa shape index (κ3) is 5.95. The van der Waals surface area contributed by atoms with Crippen molar-refractivity contribution in [1.82, 2.24) is 5.32 Å². The van der Waals surface area contributed by atoms with E-state index in [-0.39, 0.29) is 18.5 Å². The van der Waals surface area contributed by atoms with Gasteiger partial charge in [0.2, 0.25) is 15.9 Å². The largest absolute Gasteiger partial charge is 0.344 e. The van der Waals surface area contributed by atoms with Gasteiger partial charge in [-0.2, -0.15) is 0 Å². The van der Waals surface area contributed by atoms with E-state index in [4.69, 9.17) is 0 Å². The predicted molar refractivity (Wildman–Crippen MR) is 126 cm³/mol. The summed E-state index contributed by atoms with van der Waals surface area (Å²) < 4.78 is 26.2. The van der Waals surface area contributed by atoms with Gasteiger partial charge in [0.05, 0.1) is 18.0 Å². The first-order valence-corrected chi connectivity index (χ1v) is 12.0. The lowest BCUT2D eigenvalue weighted by molar-refractivity contribution is -0.120. The maximum absolute atomic E-state index is 13.1. The number of nitrogens with zero attached hydrogens (tertiary/aromatic N) is 1. The van der Waals surface area contributed by atoms with Crippen LogP contribution in [0.1, 0.15) is 33.9 Å². The van der Waals surface area contributed by atoms with Crippen LogP contribution in [0.5, 0.6) is 0 Å². The van der Waals surface area contributed by atoms with E-state index in [9.17, 15) is 13.2 Å². The van der Waals surface area contributed by atoms with Crippen LogP contribution >= 0.6 is 0 Å². The Morgan fingerprint density at radius 1 is 0.839 bits per heavy atom. The van der Waals surface area contributed by atoms with Crippen LogP contribution in [-0.4, -0.2) is 27.1 Å². The lowest BCUT2D eigenvalue weighted by Gasteiger charge is -2.25. The molecule has 6 heteroatoms. The molecular weight excluding hydrogens is 408 g/mol. The molecule has 3 aromatic carbocycles. The quantitative estimate of drug-likeness (QED) is 0.601. The van der Waals surface area contributed by atoms with Gasteiger partial charge in [-0.3, -0.25) is 9.10 Å². The minimum absolute atomic E-state index is 0.295. The maximum atomic E-state index is 13.1. The summed E-state index contributed by atoms with van der Waals surface area (Å²) in [6, 6.07) is 22.7. The molecule has 1 N–H and O–H groups in total. The van der Waals surface area contributed by atoms with E-state index in [2.05, 4.69) is 5.32 Å². The van der Waals surface area contributed by atoms with E-state index < -0.39 is 10.0 Å². The highest BCUT2D eigenvalue weighted by Gasteiger charge is 2.24.